The second-order valence-corrected chi connectivity index (χ2v) is 8.00. The molecule has 7 nitrogen and oxygen atoms in total. The highest BCUT2D eigenvalue weighted by Gasteiger charge is 2.20. The molecule has 0 saturated carbocycles. The van der Waals surface area contributed by atoms with Gasteiger partial charge in [0.2, 0.25) is 0 Å². The van der Waals surface area contributed by atoms with Gasteiger partial charge in [-0.05, 0) is 12.1 Å². The number of rotatable bonds is 5. The van der Waals surface area contributed by atoms with Gasteiger partial charge in [-0.15, -0.1) is 11.3 Å². The summed E-state index contributed by atoms with van der Waals surface area (Å²) in [7, 11) is -3.80. The van der Waals surface area contributed by atoms with Crippen LogP contribution in [0.1, 0.15) is 0 Å². The molecule has 0 radical (unpaired) electrons. The molecule has 9 heteroatoms. The molecule has 0 spiro atoms. The van der Waals surface area contributed by atoms with Crippen LogP contribution in [0.15, 0.2) is 74.1 Å². The third-order valence-corrected chi connectivity index (χ3v) is 6.24. The van der Waals surface area contributed by atoms with Crippen LogP contribution in [0.3, 0.4) is 0 Å². The first-order chi connectivity index (χ1) is 12.1. The summed E-state index contributed by atoms with van der Waals surface area (Å²) in [6, 6.07) is 14.0. The molecule has 1 N–H and O–H groups in total. The first kappa shape index (κ1) is 15.6. The smallest absolute Gasteiger partial charge is 0.309 e. The number of anilines is 1. The molecular weight excluding hydrogens is 362 g/mol. The largest absolute Gasteiger partial charge is 0.423 e. The minimum absolute atomic E-state index is 0.0877. The van der Waals surface area contributed by atoms with E-state index in [9.17, 15) is 8.42 Å². The van der Waals surface area contributed by atoms with Crippen LogP contribution in [0.25, 0.3) is 21.9 Å². The van der Waals surface area contributed by atoms with Gasteiger partial charge in [-0.2, -0.15) is 0 Å². The van der Waals surface area contributed by atoms with Crippen molar-refractivity contribution < 1.29 is 17.4 Å². The first-order valence-corrected chi connectivity index (χ1v) is 9.46. The van der Waals surface area contributed by atoms with Crippen molar-refractivity contribution in [2.45, 2.75) is 4.21 Å². The van der Waals surface area contributed by atoms with Crippen molar-refractivity contribution in [1.82, 2.24) is 10.1 Å². The molecule has 0 atom stereocenters. The molecule has 1 aromatic carbocycles. The number of hydrogen-bond donors (Lipinski definition) is 1. The normalized spacial score (nSPS) is 11.5. The highest BCUT2D eigenvalue weighted by atomic mass is 32.2. The van der Waals surface area contributed by atoms with Gasteiger partial charge in [0, 0.05) is 11.6 Å². The van der Waals surface area contributed by atoms with Gasteiger partial charge in [0.25, 0.3) is 10.0 Å². The zero-order valence-corrected chi connectivity index (χ0v) is 14.3. The number of nitrogens with one attached hydrogen (secondary N) is 1. The highest BCUT2D eigenvalue weighted by Crippen LogP contribution is 2.31. The lowest BCUT2D eigenvalue weighted by Gasteiger charge is -2.01. The van der Waals surface area contributed by atoms with E-state index in [4.69, 9.17) is 8.94 Å². The van der Waals surface area contributed by atoms with Gasteiger partial charge in [0.1, 0.15) is 16.2 Å². The van der Waals surface area contributed by atoms with Crippen LogP contribution in [0, 0.1) is 0 Å². The van der Waals surface area contributed by atoms with E-state index in [2.05, 4.69) is 14.9 Å². The molecule has 0 saturated heterocycles. The number of oxazole rings is 1. The number of thiophene rings is 1. The topological polar surface area (TPSA) is 98.2 Å². The molecular formula is C16H11N3O4S2. The summed E-state index contributed by atoms with van der Waals surface area (Å²) in [5, 5.41) is 3.79. The van der Waals surface area contributed by atoms with Crippen molar-refractivity contribution in [3.8, 4) is 21.9 Å². The van der Waals surface area contributed by atoms with Crippen LogP contribution in [0.2, 0.25) is 0 Å². The van der Waals surface area contributed by atoms with Crippen molar-refractivity contribution in [2.75, 3.05) is 4.72 Å². The summed E-state index contributed by atoms with van der Waals surface area (Å²) in [5.74, 6) is 0.479. The van der Waals surface area contributed by atoms with Gasteiger partial charge < -0.3 is 8.94 Å². The lowest BCUT2D eigenvalue weighted by Crippen LogP contribution is -2.11. The Morgan fingerprint density at radius 2 is 1.88 bits per heavy atom. The van der Waals surface area contributed by atoms with Crippen molar-refractivity contribution in [2.24, 2.45) is 0 Å². The molecule has 0 fully saturated rings. The molecule has 3 aromatic heterocycles. The Kier molecular flexibility index (Phi) is 3.86. The van der Waals surface area contributed by atoms with Crippen LogP contribution in [-0.2, 0) is 10.0 Å². The number of nitrogens with zero attached hydrogens (tertiary/aromatic N) is 2. The number of benzene rings is 1. The predicted octanol–water partition coefficient (Wildman–Crippen LogP) is 3.86. The Hall–Kier alpha value is -2.91. The fraction of sp³-hybridized carbons (Fsp3) is 0. The summed E-state index contributed by atoms with van der Waals surface area (Å²) in [6.07, 6.45) is 2.90. The van der Waals surface area contributed by atoms with Crippen LogP contribution >= 0.6 is 11.3 Å². The van der Waals surface area contributed by atoms with Crippen molar-refractivity contribution in [3.05, 3.63) is 61.0 Å². The Bertz CT molecular complexity index is 1080. The SMILES string of the molecule is O=S(=O)(Nc1ncc(-c2ccccc2)o1)c1ccc(-c2ccon2)s1. The maximum absolute atomic E-state index is 12.5. The third kappa shape index (κ3) is 3.19. The molecule has 0 aliphatic rings. The Balaban J connectivity index is 1.57. The van der Waals surface area contributed by atoms with Crippen molar-refractivity contribution >= 4 is 27.4 Å². The average molecular weight is 373 g/mol. The van der Waals surface area contributed by atoms with Crippen molar-refractivity contribution in [3.63, 3.8) is 0 Å². The van der Waals surface area contributed by atoms with Gasteiger partial charge in [-0.3, -0.25) is 0 Å². The standard InChI is InChI=1S/C16H11N3O4S2/c20-25(21,15-7-6-14(24-15)12-8-9-22-18-12)19-16-17-10-13(23-16)11-4-2-1-3-5-11/h1-10H,(H,17,19). The molecule has 0 amide bonds. The minimum Gasteiger partial charge on any atom is -0.423 e. The number of hydrogen-bond acceptors (Lipinski definition) is 7. The zero-order valence-electron chi connectivity index (χ0n) is 12.6. The number of aromatic nitrogens is 2. The van der Waals surface area contributed by atoms with E-state index in [1.807, 2.05) is 30.3 Å². The molecule has 0 bridgehead atoms. The Morgan fingerprint density at radius 3 is 2.64 bits per heavy atom. The van der Waals surface area contributed by atoms with Crippen LogP contribution in [0.5, 0.6) is 0 Å². The third-order valence-electron chi connectivity index (χ3n) is 3.32. The Morgan fingerprint density at radius 1 is 1.04 bits per heavy atom. The maximum atomic E-state index is 12.5. The molecule has 0 aliphatic carbocycles. The molecule has 3 heterocycles. The minimum atomic E-state index is -3.80. The highest BCUT2D eigenvalue weighted by molar-refractivity contribution is 7.94. The lowest BCUT2D eigenvalue weighted by atomic mass is 10.2. The van der Waals surface area contributed by atoms with Gasteiger partial charge >= 0.3 is 6.01 Å². The zero-order chi connectivity index (χ0) is 17.3. The molecule has 0 aliphatic heterocycles. The van der Waals surface area contributed by atoms with Gasteiger partial charge in [-0.1, -0.05) is 35.5 Å². The van der Waals surface area contributed by atoms with Gasteiger partial charge in [0.05, 0.1) is 11.1 Å². The molecule has 4 aromatic rings. The van der Waals surface area contributed by atoms with E-state index >= 15 is 0 Å². The predicted molar refractivity (Wildman–Crippen MR) is 92.6 cm³/mol. The second-order valence-electron chi connectivity index (χ2n) is 5.00. The average Bonchev–Trinajstić information content (AvgIpc) is 3.36. The first-order valence-electron chi connectivity index (χ1n) is 7.16. The summed E-state index contributed by atoms with van der Waals surface area (Å²) < 4.78 is 37.7. The fourth-order valence-electron chi connectivity index (χ4n) is 2.16. The summed E-state index contributed by atoms with van der Waals surface area (Å²) in [5.41, 5.74) is 1.39. The monoisotopic (exact) mass is 373 g/mol. The number of sulfonamides is 1. The molecule has 0 unspecified atom stereocenters. The van der Waals surface area contributed by atoms with Gasteiger partial charge in [-0.25, -0.2) is 18.1 Å². The quantitative estimate of drug-likeness (QED) is 0.570. The van der Waals surface area contributed by atoms with E-state index in [1.54, 1.807) is 12.1 Å². The van der Waals surface area contributed by atoms with Gasteiger partial charge in [0.15, 0.2) is 5.76 Å². The summed E-state index contributed by atoms with van der Waals surface area (Å²) >= 11 is 1.08. The molecule has 4 rings (SSSR count). The summed E-state index contributed by atoms with van der Waals surface area (Å²) in [6.45, 7) is 0. The van der Waals surface area contributed by atoms with Crippen LogP contribution in [-0.4, -0.2) is 18.6 Å². The van der Waals surface area contributed by atoms with E-state index in [-0.39, 0.29) is 10.2 Å². The Labute approximate surface area is 147 Å². The fourth-order valence-corrected chi connectivity index (χ4v) is 4.37. The van der Waals surface area contributed by atoms with Crippen LogP contribution in [0.4, 0.5) is 6.01 Å². The maximum Gasteiger partial charge on any atom is 0.309 e. The second kappa shape index (κ2) is 6.19. The van der Waals surface area contributed by atoms with Crippen LogP contribution < -0.4 is 4.72 Å². The van der Waals surface area contributed by atoms with E-state index in [0.717, 1.165) is 16.9 Å². The van der Waals surface area contributed by atoms with Crippen molar-refractivity contribution in [1.29, 1.82) is 0 Å². The molecule has 25 heavy (non-hydrogen) atoms. The summed E-state index contributed by atoms with van der Waals surface area (Å²) in [4.78, 5) is 4.67. The van der Waals surface area contributed by atoms with E-state index in [0.29, 0.717) is 16.3 Å². The molecule has 126 valence electrons. The van der Waals surface area contributed by atoms with E-state index < -0.39 is 10.0 Å². The lowest BCUT2D eigenvalue weighted by molar-refractivity contribution is 0.422. The van der Waals surface area contributed by atoms with E-state index in [1.165, 1.54) is 18.5 Å².